The Hall–Kier alpha value is -3.41. The monoisotopic (exact) mass is 359 g/mol. The van der Waals surface area contributed by atoms with Crippen molar-refractivity contribution in [2.24, 2.45) is 0 Å². The van der Waals surface area contributed by atoms with Crippen molar-refractivity contribution in [2.45, 2.75) is 27.3 Å². The van der Waals surface area contributed by atoms with Gasteiger partial charge in [0, 0.05) is 36.0 Å². The molecule has 6 heteroatoms. The van der Waals surface area contributed by atoms with Crippen LogP contribution in [0.1, 0.15) is 32.7 Å². The third kappa shape index (κ3) is 3.21. The van der Waals surface area contributed by atoms with E-state index in [0.717, 1.165) is 22.3 Å². The Balaban J connectivity index is 1.49. The summed E-state index contributed by atoms with van der Waals surface area (Å²) in [5, 5.41) is 8.19. The van der Waals surface area contributed by atoms with Gasteiger partial charge >= 0.3 is 0 Å². The molecule has 0 radical (unpaired) electrons. The van der Waals surface area contributed by atoms with Crippen LogP contribution in [0.5, 0.6) is 0 Å². The van der Waals surface area contributed by atoms with Crippen molar-refractivity contribution >= 4 is 16.8 Å². The number of hydrogen-bond donors (Lipinski definition) is 2. The predicted octanol–water partition coefficient (Wildman–Crippen LogP) is 3.60. The molecule has 0 fully saturated rings. The molecular formula is C21H21N5O. The van der Waals surface area contributed by atoms with Crippen molar-refractivity contribution in [2.75, 3.05) is 0 Å². The standard InChI is InChI=1S/C21H21N5O/c1-13-9-14(2)17-10-18(25-20(17)15(13)3)21(27)23-12-16-5-6-19(22-11-16)26-8-4-7-24-26/h4-11,25H,12H2,1-3H3,(H,23,27). The number of amides is 1. The Morgan fingerprint density at radius 3 is 2.74 bits per heavy atom. The quantitative estimate of drug-likeness (QED) is 0.584. The molecule has 0 saturated heterocycles. The van der Waals surface area contributed by atoms with Crippen LogP contribution in [-0.2, 0) is 6.54 Å². The van der Waals surface area contributed by atoms with E-state index in [4.69, 9.17) is 0 Å². The van der Waals surface area contributed by atoms with Crippen LogP contribution in [0.25, 0.3) is 16.7 Å². The van der Waals surface area contributed by atoms with E-state index in [1.165, 1.54) is 16.7 Å². The third-order valence-electron chi connectivity index (χ3n) is 4.89. The lowest BCUT2D eigenvalue weighted by Gasteiger charge is -2.05. The molecule has 6 nitrogen and oxygen atoms in total. The third-order valence-corrected chi connectivity index (χ3v) is 4.89. The fourth-order valence-electron chi connectivity index (χ4n) is 3.23. The molecule has 1 amide bonds. The van der Waals surface area contributed by atoms with Gasteiger partial charge < -0.3 is 10.3 Å². The van der Waals surface area contributed by atoms with E-state index in [2.05, 4.69) is 47.2 Å². The molecule has 3 heterocycles. The number of carbonyl (C=O) groups is 1. The van der Waals surface area contributed by atoms with E-state index in [-0.39, 0.29) is 5.91 Å². The first-order chi connectivity index (χ1) is 13.0. The number of nitrogens with one attached hydrogen (secondary N) is 2. The Morgan fingerprint density at radius 2 is 2.04 bits per heavy atom. The Labute approximate surface area is 157 Å². The van der Waals surface area contributed by atoms with Gasteiger partial charge in [-0.05, 0) is 61.2 Å². The number of rotatable bonds is 4. The Morgan fingerprint density at radius 1 is 1.19 bits per heavy atom. The van der Waals surface area contributed by atoms with Crippen LogP contribution in [0, 0.1) is 20.8 Å². The summed E-state index contributed by atoms with van der Waals surface area (Å²) in [6.45, 7) is 6.64. The molecule has 0 aliphatic rings. The molecule has 0 aliphatic heterocycles. The van der Waals surface area contributed by atoms with Crippen LogP contribution >= 0.6 is 0 Å². The van der Waals surface area contributed by atoms with Gasteiger partial charge in [0.1, 0.15) is 5.69 Å². The van der Waals surface area contributed by atoms with Gasteiger partial charge in [-0.15, -0.1) is 0 Å². The van der Waals surface area contributed by atoms with Gasteiger partial charge in [-0.3, -0.25) is 4.79 Å². The number of pyridine rings is 1. The zero-order valence-electron chi connectivity index (χ0n) is 15.6. The van der Waals surface area contributed by atoms with E-state index < -0.39 is 0 Å². The lowest BCUT2D eigenvalue weighted by Crippen LogP contribution is -2.23. The number of benzene rings is 1. The normalized spacial score (nSPS) is 11.1. The summed E-state index contributed by atoms with van der Waals surface area (Å²) >= 11 is 0. The first-order valence-corrected chi connectivity index (χ1v) is 8.85. The molecule has 1 aromatic carbocycles. The van der Waals surface area contributed by atoms with Crippen molar-refractivity contribution in [3.05, 3.63) is 76.9 Å². The van der Waals surface area contributed by atoms with E-state index >= 15 is 0 Å². The average molecular weight is 359 g/mol. The first kappa shape index (κ1) is 17.0. The van der Waals surface area contributed by atoms with Gasteiger partial charge in [-0.25, -0.2) is 9.67 Å². The average Bonchev–Trinajstić information content (AvgIpc) is 3.35. The zero-order valence-corrected chi connectivity index (χ0v) is 15.6. The van der Waals surface area contributed by atoms with Crippen molar-refractivity contribution in [3.8, 4) is 5.82 Å². The summed E-state index contributed by atoms with van der Waals surface area (Å²) in [6.07, 6.45) is 5.30. The van der Waals surface area contributed by atoms with Gasteiger partial charge in [0.2, 0.25) is 0 Å². The lowest BCUT2D eigenvalue weighted by molar-refractivity contribution is 0.0946. The van der Waals surface area contributed by atoms with E-state index in [9.17, 15) is 4.79 Å². The summed E-state index contributed by atoms with van der Waals surface area (Å²) in [5.74, 6) is 0.617. The number of carbonyl (C=O) groups excluding carboxylic acids is 1. The second-order valence-electron chi connectivity index (χ2n) is 6.77. The number of fused-ring (bicyclic) bond motifs is 1. The second-order valence-corrected chi connectivity index (χ2v) is 6.77. The lowest BCUT2D eigenvalue weighted by atomic mass is 10.0. The van der Waals surface area contributed by atoms with Gasteiger partial charge in [0.05, 0.1) is 0 Å². The summed E-state index contributed by atoms with van der Waals surface area (Å²) in [4.78, 5) is 20.2. The molecule has 136 valence electrons. The van der Waals surface area contributed by atoms with Gasteiger partial charge in [0.25, 0.3) is 5.91 Å². The van der Waals surface area contributed by atoms with Gasteiger partial charge in [-0.2, -0.15) is 5.10 Å². The molecule has 0 atom stereocenters. The topological polar surface area (TPSA) is 75.6 Å². The summed E-state index contributed by atoms with van der Waals surface area (Å²) in [7, 11) is 0. The summed E-state index contributed by atoms with van der Waals surface area (Å²) in [6, 6.07) is 9.74. The number of aryl methyl sites for hydroxylation is 3. The van der Waals surface area contributed by atoms with Crippen molar-refractivity contribution in [3.63, 3.8) is 0 Å². The van der Waals surface area contributed by atoms with Crippen LogP contribution in [0.2, 0.25) is 0 Å². The summed E-state index contributed by atoms with van der Waals surface area (Å²) < 4.78 is 1.69. The highest BCUT2D eigenvalue weighted by Gasteiger charge is 2.13. The van der Waals surface area contributed by atoms with Crippen molar-refractivity contribution in [1.29, 1.82) is 0 Å². The van der Waals surface area contributed by atoms with Crippen LogP contribution in [0.15, 0.2) is 48.9 Å². The molecule has 0 spiro atoms. The molecule has 0 saturated carbocycles. The molecule has 3 aromatic heterocycles. The van der Waals surface area contributed by atoms with E-state index in [1.807, 2.05) is 30.5 Å². The Kier molecular flexibility index (Phi) is 4.24. The molecule has 27 heavy (non-hydrogen) atoms. The minimum Gasteiger partial charge on any atom is -0.350 e. The van der Waals surface area contributed by atoms with Crippen molar-refractivity contribution in [1.82, 2.24) is 25.1 Å². The molecule has 4 aromatic rings. The zero-order chi connectivity index (χ0) is 19.0. The minimum absolute atomic E-state index is 0.126. The maximum atomic E-state index is 12.6. The van der Waals surface area contributed by atoms with Crippen LogP contribution in [0.3, 0.4) is 0 Å². The highest BCUT2D eigenvalue weighted by molar-refractivity contribution is 5.99. The van der Waals surface area contributed by atoms with E-state index in [1.54, 1.807) is 17.1 Å². The van der Waals surface area contributed by atoms with Gasteiger partial charge in [0.15, 0.2) is 5.82 Å². The van der Waals surface area contributed by atoms with E-state index in [0.29, 0.717) is 12.2 Å². The van der Waals surface area contributed by atoms with Crippen LogP contribution in [0.4, 0.5) is 0 Å². The number of hydrogen-bond acceptors (Lipinski definition) is 3. The number of nitrogens with zero attached hydrogens (tertiary/aromatic N) is 3. The molecule has 0 unspecified atom stereocenters. The maximum Gasteiger partial charge on any atom is 0.267 e. The molecule has 0 bridgehead atoms. The SMILES string of the molecule is Cc1cc(C)c2cc(C(=O)NCc3ccc(-n4cccn4)nc3)[nH]c2c1C. The maximum absolute atomic E-state index is 12.6. The van der Waals surface area contributed by atoms with Crippen molar-refractivity contribution < 1.29 is 4.79 Å². The highest BCUT2D eigenvalue weighted by Crippen LogP contribution is 2.25. The smallest absolute Gasteiger partial charge is 0.267 e. The molecule has 4 rings (SSSR count). The largest absolute Gasteiger partial charge is 0.350 e. The minimum atomic E-state index is -0.126. The fraction of sp³-hybridized carbons (Fsp3) is 0.190. The molecule has 0 aliphatic carbocycles. The summed E-state index contributed by atoms with van der Waals surface area (Å²) in [5.41, 5.74) is 6.09. The number of aromatic amines is 1. The Bertz CT molecular complexity index is 1110. The number of H-pyrrole nitrogens is 1. The van der Waals surface area contributed by atoms with Crippen LogP contribution < -0.4 is 5.32 Å². The van der Waals surface area contributed by atoms with Gasteiger partial charge in [-0.1, -0.05) is 12.1 Å². The highest BCUT2D eigenvalue weighted by atomic mass is 16.1. The predicted molar refractivity (Wildman–Crippen MR) is 105 cm³/mol. The first-order valence-electron chi connectivity index (χ1n) is 8.85. The molecule has 2 N–H and O–H groups in total. The fourth-order valence-corrected chi connectivity index (χ4v) is 3.23. The molecular weight excluding hydrogens is 338 g/mol. The number of aromatic nitrogens is 4. The second kappa shape index (κ2) is 6.72. The van der Waals surface area contributed by atoms with Crippen LogP contribution in [-0.4, -0.2) is 25.7 Å².